The number of carbonyl (C=O) groups excluding carboxylic acids is 2. The second-order valence-corrected chi connectivity index (χ2v) is 10.5. The molecule has 1 unspecified atom stereocenters. The number of nitrogens with one attached hydrogen (secondary N) is 1. The zero-order valence-corrected chi connectivity index (χ0v) is 22.8. The quantitative estimate of drug-likeness (QED) is 0.170. The molecule has 3 rings (SSSR count). The highest BCUT2D eigenvalue weighted by Gasteiger charge is 2.41. The summed E-state index contributed by atoms with van der Waals surface area (Å²) in [7, 11) is 0. The fourth-order valence-corrected chi connectivity index (χ4v) is 4.42. The fourth-order valence-electron chi connectivity index (χ4n) is 4.16. The lowest BCUT2D eigenvalue weighted by Crippen LogP contribution is -2.35. The summed E-state index contributed by atoms with van der Waals surface area (Å²) in [5, 5.41) is 3.27. The number of aryl methyl sites for hydroxylation is 1. The smallest absolute Gasteiger partial charge is 0.407 e. The van der Waals surface area contributed by atoms with E-state index in [0.29, 0.717) is 23.6 Å². The molecule has 196 valence electrons. The van der Waals surface area contributed by atoms with E-state index in [0.717, 1.165) is 29.5 Å². The molecule has 3 aromatic carbocycles. The van der Waals surface area contributed by atoms with E-state index in [9.17, 15) is 9.59 Å². The first-order chi connectivity index (χ1) is 17.6. The van der Waals surface area contributed by atoms with E-state index in [2.05, 4.69) is 5.32 Å². The third kappa shape index (κ3) is 7.83. The number of amides is 1. The zero-order chi connectivity index (χ0) is 26.9. The standard InChI is InChI=1S/C31H36ClNO4/c1-23-18-20-25(21-19-23)31(24-13-7-5-8-14-24,26-15-10-11-16-27(26)32)36-28(34)17-9-6-12-22-33-29(35)37-30(2,3)4/h5,7-8,10-11,13-16,18-21H,6,9,12,17,22H2,1-4H3,(H,33,35). The molecule has 0 radical (unpaired) electrons. The number of ether oxygens (including phenoxy) is 2. The van der Waals surface area contributed by atoms with Gasteiger partial charge in [-0.15, -0.1) is 0 Å². The van der Waals surface area contributed by atoms with E-state index in [1.54, 1.807) is 0 Å². The highest BCUT2D eigenvalue weighted by Crippen LogP contribution is 2.43. The van der Waals surface area contributed by atoms with Crippen LogP contribution in [0.2, 0.25) is 5.02 Å². The molecule has 1 amide bonds. The van der Waals surface area contributed by atoms with Crippen molar-refractivity contribution in [2.24, 2.45) is 0 Å². The molecule has 0 bridgehead atoms. The minimum atomic E-state index is -1.19. The van der Waals surface area contributed by atoms with Gasteiger partial charge in [-0.05, 0) is 46.6 Å². The predicted octanol–water partition coefficient (Wildman–Crippen LogP) is 7.57. The van der Waals surface area contributed by atoms with E-state index < -0.39 is 17.3 Å². The lowest BCUT2D eigenvalue weighted by Gasteiger charge is -2.36. The normalized spacial score (nSPS) is 12.9. The van der Waals surface area contributed by atoms with Crippen molar-refractivity contribution >= 4 is 23.7 Å². The highest BCUT2D eigenvalue weighted by molar-refractivity contribution is 6.31. The molecule has 3 aromatic rings. The number of benzene rings is 3. The first kappa shape index (κ1) is 28.3. The molecule has 6 heteroatoms. The summed E-state index contributed by atoms with van der Waals surface area (Å²) in [5.41, 5.74) is 1.74. The molecule has 1 atom stereocenters. The second kappa shape index (κ2) is 12.8. The van der Waals surface area contributed by atoms with E-state index >= 15 is 0 Å². The Hall–Kier alpha value is -3.31. The Morgan fingerprint density at radius 3 is 2.05 bits per heavy atom. The van der Waals surface area contributed by atoms with Crippen molar-refractivity contribution in [2.45, 2.75) is 64.6 Å². The number of rotatable bonds is 10. The topological polar surface area (TPSA) is 64.6 Å². The Labute approximate surface area is 225 Å². The third-order valence-corrected chi connectivity index (χ3v) is 6.21. The van der Waals surface area contributed by atoms with Crippen LogP contribution in [0.3, 0.4) is 0 Å². The predicted molar refractivity (Wildman–Crippen MR) is 148 cm³/mol. The molecule has 0 aliphatic heterocycles. The Balaban J connectivity index is 1.77. The summed E-state index contributed by atoms with van der Waals surface area (Å²) in [5.74, 6) is -0.315. The summed E-state index contributed by atoms with van der Waals surface area (Å²) in [6, 6.07) is 25.2. The maximum atomic E-state index is 13.3. The number of halogens is 1. The van der Waals surface area contributed by atoms with Crippen LogP contribution in [0.4, 0.5) is 4.79 Å². The summed E-state index contributed by atoms with van der Waals surface area (Å²) in [4.78, 5) is 25.1. The van der Waals surface area contributed by atoms with Gasteiger partial charge in [0.15, 0.2) is 5.60 Å². The molecule has 0 fully saturated rings. The minimum absolute atomic E-state index is 0.247. The van der Waals surface area contributed by atoms with Gasteiger partial charge in [-0.2, -0.15) is 0 Å². The number of carbonyl (C=O) groups is 2. The van der Waals surface area contributed by atoms with Crippen LogP contribution in [-0.2, 0) is 19.9 Å². The fraction of sp³-hybridized carbons (Fsp3) is 0.355. The van der Waals surface area contributed by atoms with Crippen LogP contribution in [0.25, 0.3) is 0 Å². The van der Waals surface area contributed by atoms with Crippen LogP contribution in [-0.4, -0.2) is 24.2 Å². The van der Waals surface area contributed by atoms with E-state index in [-0.39, 0.29) is 12.4 Å². The molecule has 37 heavy (non-hydrogen) atoms. The van der Waals surface area contributed by atoms with Gasteiger partial charge >= 0.3 is 12.1 Å². The molecule has 0 aromatic heterocycles. The van der Waals surface area contributed by atoms with Gasteiger partial charge in [-0.25, -0.2) is 4.79 Å². The van der Waals surface area contributed by atoms with Crippen molar-refractivity contribution in [1.29, 1.82) is 0 Å². The van der Waals surface area contributed by atoms with Gasteiger partial charge in [0.1, 0.15) is 5.60 Å². The molecule has 0 saturated carbocycles. The summed E-state index contributed by atoms with van der Waals surface area (Å²) in [6.07, 6.45) is 1.95. The number of alkyl carbamates (subject to hydrolysis) is 1. The van der Waals surface area contributed by atoms with Crippen LogP contribution in [0, 0.1) is 6.92 Å². The van der Waals surface area contributed by atoms with Gasteiger partial charge < -0.3 is 14.8 Å². The van der Waals surface area contributed by atoms with Gasteiger partial charge in [0.25, 0.3) is 0 Å². The second-order valence-electron chi connectivity index (χ2n) is 10.1. The molecule has 0 saturated heterocycles. The maximum absolute atomic E-state index is 13.3. The molecule has 0 aliphatic carbocycles. The summed E-state index contributed by atoms with van der Waals surface area (Å²) < 4.78 is 11.6. The van der Waals surface area contributed by atoms with E-state index in [1.165, 1.54) is 0 Å². The lowest BCUT2D eigenvalue weighted by molar-refractivity contribution is -0.153. The first-order valence-electron chi connectivity index (χ1n) is 12.7. The Morgan fingerprint density at radius 1 is 0.784 bits per heavy atom. The van der Waals surface area contributed by atoms with Gasteiger partial charge in [-0.1, -0.05) is 96.4 Å². The average Bonchev–Trinajstić information content (AvgIpc) is 2.85. The Morgan fingerprint density at radius 2 is 1.41 bits per heavy atom. The summed E-state index contributed by atoms with van der Waals surface area (Å²) >= 11 is 6.71. The van der Waals surface area contributed by atoms with Crippen molar-refractivity contribution in [3.05, 3.63) is 106 Å². The Bertz CT molecular complexity index is 1170. The molecular weight excluding hydrogens is 486 g/mol. The number of unbranched alkanes of at least 4 members (excludes halogenated alkanes) is 2. The summed E-state index contributed by atoms with van der Waals surface area (Å²) in [6.45, 7) is 7.99. The number of esters is 1. The molecule has 0 aliphatic rings. The van der Waals surface area contributed by atoms with Crippen molar-refractivity contribution in [3.63, 3.8) is 0 Å². The molecule has 5 nitrogen and oxygen atoms in total. The SMILES string of the molecule is Cc1ccc(C(OC(=O)CCCCCNC(=O)OC(C)(C)C)(c2ccccc2)c2ccccc2Cl)cc1. The zero-order valence-electron chi connectivity index (χ0n) is 22.1. The first-order valence-corrected chi connectivity index (χ1v) is 13.1. The van der Waals surface area contributed by atoms with Crippen LogP contribution in [0.15, 0.2) is 78.9 Å². The third-order valence-electron chi connectivity index (χ3n) is 5.88. The number of hydrogen-bond donors (Lipinski definition) is 1. The van der Waals surface area contributed by atoms with Crippen molar-refractivity contribution < 1.29 is 19.1 Å². The van der Waals surface area contributed by atoms with Crippen molar-refractivity contribution in [3.8, 4) is 0 Å². The van der Waals surface area contributed by atoms with Gasteiger partial charge in [-0.3, -0.25) is 4.79 Å². The maximum Gasteiger partial charge on any atom is 0.407 e. The van der Waals surface area contributed by atoms with Crippen molar-refractivity contribution in [1.82, 2.24) is 5.32 Å². The van der Waals surface area contributed by atoms with Gasteiger partial charge in [0.2, 0.25) is 0 Å². The van der Waals surface area contributed by atoms with E-state index in [4.69, 9.17) is 21.1 Å². The van der Waals surface area contributed by atoms with Crippen LogP contribution in [0.5, 0.6) is 0 Å². The van der Waals surface area contributed by atoms with Crippen LogP contribution >= 0.6 is 11.6 Å². The number of hydrogen-bond acceptors (Lipinski definition) is 4. The monoisotopic (exact) mass is 521 g/mol. The molecule has 0 heterocycles. The highest BCUT2D eigenvalue weighted by atomic mass is 35.5. The van der Waals surface area contributed by atoms with Gasteiger partial charge in [0, 0.05) is 34.7 Å². The molecule has 1 N–H and O–H groups in total. The Kier molecular flexibility index (Phi) is 9.76. The lowest BCUT2D eigenvalue weighted by atomic mass is 9.79. The molecule has 0 spiro atoms. The van der Waals surface area contributed by atoms with Crippen LogP contribution in [0.1, 0.15) is 68.7 Å². The largest absolute Gasteiger partial charge is 0.444 e. The minimum Gasteiger partial charge on any atom is -0.444 e. The van der Waals surface area contributed by atoms with Crippen molar-refractivity contribution in [2.75, 3.05) is 6.54 Å². The van der Waals surface area contributed by atoms with Gasteiger partial charge in [0.05, 0.1) is 0 Å². The average molecular weight is 522 g/mol. The van der Waals surface area contributed by atoms with Crippen LogP contribution < -0.4 is 5.32 Å². The van der Waals surface area contributed by atoms with E-state index in [1.807, 2.05) is 107 Å². The molecular formula is C31H36ClNO4.